The van der Waals surface area contributed by atoms with Crippen LogP contribution in [0.5, 0.6) is 11.5 Å². The van der Waals surface area contributed by atoms with Crippen molar-refractivity contribution in [3.8, 4) is 11.5 Å². The molecule has 0 atom stereocenters. The Kier molecular flexibility index (Phi) is 7.12. The normalized spacial score (nSPS) is 14.6. The van der Waals surface area contributed by atoms with Crippen molar-refractivity contribution >= 4 is 46.9 Å². The average Bonchev–Trinajstić information content (AvgIpc) is 2.86. The molecule has 0 radical (unpaired) electrons. The number of amides is 2. The van der Waals surface area contributed by atoms with Gasteiger partial charge in [0.05, 0.1) is 18.8 Å². The van der Waals surface area contributed by atoms with Crippen LogP contribution in [0.25, 0.3) is 6.08 Å². The van der Waals surface area contributed by atoms with Gasteiger partial charge in [-0.15, -0.1) is 0 Å². The zero-order chi connectivity index (χ0) is 25.8. The van der Waals surface area contributed by atoms with Crippen molar-refractivity contribution in [1.82, 2.24) is 5.32 Å². The molecule has 0 saturated carbocycles. The van der Waals surface area contributed by atoms with E-state index in [1.807, 2.05) is 19.1 Å². The summed E-state index contributed by atoms with van der Waals surface area (Å²) in [5.74, 6) is -1.63. The third-order valence-corrected chi connectivity index (χ3v) is 5.73. The minimum absolute atomic E-state index is 0.00933. The monoisotopic (exact) mass is 501 g/mol. The number of hydrogen-bond donors (Lipinski definition) is 1. The van der Waals surface area contributed by atoms with E-state index in [4.69, 9.17) is 21.7 Å². The fraction of sp³-hybridized carbons (Fsp3) is 0.111. The second kappa shape index (κ2) is 10.4. The lowest BCUT2D eigenvalue weighted by molar-refractivity contribution is -0.255. The number of aryl methyl sites for hydroxylation is 1. The van der Waals surface area contributed by atoms with E-state index >= 15 is 0 Å². The molecule has 0 bridgehead atoms. The lowest BCUT2D eigenvalue weighted by Crippen LogP contribution is -2.54. The predicted octanol–water partition coefficient (Wildman–Crippen LogP) is 2.78. The van der Waals surface area contributed by atoms with Gasteiger partial charge in [0, 0.05) is 0 Å². The van der Waals surface area contributed by atoms with Crippen molar-refractivity contribution in [2.75, 3.05) is 12.0 Å². The lowest BCUT2D eigenvalue weighted by Gasteiger charge is -2.29. The molecule has 1 heterocycles. The lowest BCUT2D eigenvalue weighted by atomic mass is 10.1. The topological polar surface area (TPSA) is 108 Å². The van der Waals surface area contributed by atoms with Crippen molar-refractivity contribution < 1.29 is 29.0 Å². The van der Waals surface area contributed by atoms with Crippen LogP contribution < -0.4 is 24.8 Å². The standard InChI is InChI=1S/C27H22N2O6S/c1-16-6-9-20(10-7-16)29-25(31)21(24(30)28-27(29)36)13-17-8-11-22(23(14-17)34-2)35-15-18-4-3-5-19(12-18)26(32)33/h3-14H,15H2,1-2H3,(H,32,33)(H,28,30,36)/p-1/b21-13-. The Morgan fingerprint density at radius 3 is 2.50 bits per heavy atom. The van der Waals surface area contributed by atoms with Crippen LogP contribution in [0, 0.1) is 6.92 Å². The maximum absolute atomic E-state index is 13.2. The highest BCUT2D eigenvalue weighted by Crippen LogP contribution is 2.30. The van der Waals surface area contributed by atoms with Gasteiger partial charge in [0.15, 0.2) is 16.6 Å². The van der Waals surface area contributed by atoms with Crippen LogP contribution in [0.3, 0.4) is 0 Å². The molecule has 36 heavy (non-hydrogen) atoms. The Balaban J connectivity index is 1.57. The number of hydrogen-bond acceptors (Lipinski definition) is 7. The molecular weight excluding hydrogens is 480 g/mol. The minimum atomic E-state index is -1.27. The summed E-state index contributed by atoms with van der Waals surface area (Å²) in [6, 6.07) is 18.4. The zero-order valence-electron chi connectivity index (χ0n) is 19.4. The number of rotatable bonds is 7. The molecule has 1 N–H and O–H groups in total. The molecule has 1 aliphatic heterocycles. The molecule has 3 aromatic carbocycles. The van der Waals surface area contributed by atoms with Crippen molar-refractivity contribution in [3.05, 3.63) is 94.6 Å². The van der Waals surface area contributed by atoms with Gasteiger partial charge >= 0.3 is 0 Å². The molecule has 8 nitrogen and oxygen atoms in total. The quantitative estimate of drug-likeness (QED) is 0.301. The first-order valence-corrected chi connectivity index (χ1v) is 11.3. The number of benzene rings is 3. The van der Waals surface area contributed by atoms with Crippen LogP contribution in [0.2, 0.25) is 0 Å². The average molecular weight is 502 g/mol. The molecule has 2 amide bonds. The Morgan fingerprint density at radius 1 is 1.06 bits per heavy atom. The van der Waals surface area contributed by atoms with Gasteiger partial charge in [0.1, 0.15) is 12.2 Å². The Hall–Kier alpha value is -4.50. The van der Waals surface area contributed by atoms with E-state index in [-0.39, 0.29) is 22.9 Å². The van der Waals surface area contributed by atoms with Gasteiger partial charge in [-0.05, 0) is 72.2 Å². The maximum atomic E-state index is 13.2. The van der Waals surface area contributed by atoms with Gasteiger partial charge in [-0.1, -0.05) is 42.0 Å². The third-order valence-electron chi connectivity index (χ3n) is 5.45. The summed E-state index contributed by atoms with van der Waals surface area (Å²) < 4.78 is 11.2. The smallest absolute Gasteiger partial charge is 0.270 e. The summed E-state index contributed by atoms with van der Waals surface area (Å²) in [5, 5.41) is 13.6. The van der Waals surface area contributed by atoms with E-state index in [1.54, 1.807) is 42.5 Å². The fourth-order valence-corrected chi connectivity index (χ4v) is 3.88. The number of ether oxygens (including phenoxy) is 2. The van der Waals surface area contributed by atoms with Gasteiger partial charge in [-0.3, -0.25) is 19.8 Å². The van der Waals surface area contributed by atoms with E-state index < -0.39 is 17.8 Å². The summed E-state index contributed by atoms with van der Waals surface area (Å²) in [4.78, 5) is 38.1. The molecule has 0 spiro atoms. The molecule has 1 saturated heterocycles. The third kappa shape index (κ3) is 5.26. The summed E-state index contributed by atoms with van der Waals surface area (Å²) in [7, 11) is 1.46. The van der Waals surface area contributed by atoms with Crippen molar-refractivity contribution in [3.63, 3.8) is 0 Å². The highest BCUT2D eigenvalue weighted by atomic mass is 32.1. The number of carbonyl (C=O) groups excluding carboxylic acids is 3. The van der Waals surface area contributed by atoms with E-state index in [0.29, 0.717) is 28.3 Å². The van der Waals surface area contributed by atoms with Crippen molar-refractivity contribution in [1.29, 1.82) is 0 Å². The molecule has 3 aromatic rings. The summed E-state index contributed by atoms with van der Waals surface area (Å²) in [5.41, 5.74) is 2.72. The molecular formula is C27H21N2O6S-. The largest absolute Gasteiger partial charge is 0.545 e. The first kappa shape index (κ1) is 24.6. The van der Waals surface area contributed by atoms with E-state index in [1.165, 1.54) is 30.2 Å². The molecule has 0 aromatic heterocycles. The summed E-state index contributed by atoms with van der Waals surface area (Å²) in [6.07, 6.45) is 1.45. The fourth-order valence-electron chi connectivity index (χ4n) is 3.59. The van der Waals surface area contributed by atoms with Gasteiger partial charge in [0.25, 0.3) is 11.8 Å². The molecule has 0 unspecified atom stereocenters. The van der Waals surface area contributed by atoms with Crippen LogP contribution in [-0.2, 0) is 16.2 Å². The van der Waals surface area contributed by atoms with E-state index in [9.17, 15) is 19.5 Å². The number of nitrogens with zero attached hydrogens (tertiary/aromatic N) is 1. The molecule has 0 aliphatic carbocycles. The van der Waals surface area contributed by atoms with Crippen LogP contribution in [0.4, 0.5) is 5.69 Å². The van der Waals surface area contributed by atoms with Crippen molar-refractivity contribution in [2.45, 2.75) is 13.5 Å². The first-order chi connectivity index (χ1) is 17.3. The summed E-state index contributed by atoms with van der Waals surface area (Å²) in [6.45, 7) is 2.03. The van der Waals surface area contributed by atoms with Crippen molar-refractivity contribution in [2.24, 2.45) is 0 Å². The molecule has 4 rings (SSSR count). The zero-order valence-corrected chi connectivity index (χ0v) is 20.3. The van der Waals surface area contributed by atoms with Gasteiger partial charge in [-0.2, -0.15) is 0 Å². The van der Waals surface area contributed by atoms with Gasteiger partial charge < -0.3 is 19.4 Å². The van der Waals surface area contributed by atoms with E-state index in [0.717, 1.165) is 5.56 Å². The predicted molar refractivity (Wildman–Crippen MR) is 135 cm³/mol. The highest BCUT2D eigenvalue weighted by molar-refractivity contribution is 7.80. The van der Waals surface area contributed by atoms with Crippen LogP contribution in [0.15, 0.2) is 72.3 Å². The SMILES string of the molecule is COc1cc(/C=C2/C(=O)NC(=S)N(c3ccc(C)cc3)C2=O)ccc1OCc1cccc(C(=O)[O-])c1. The van der Waals surface area contributed by atoms with Gasteiger partial charge in [0.2, 0.25) is 0 Å². The number of nitrogens with one attached hydrogen (secondary N) is 1. The molecule has 1 aliphatic rings. The summed E-state index contributed by atoms with van der Waals surface area (Å²) >= 11 is 5.24. The van der Waals surface area contributed by atoms with Crippen LogP contribution in [0.1, 0.15) is 27.0 Å². The number of carbonyl (C=O) groups is 3. The van der Waals surface area contributed by atoms with Gasteiger partial charge in [-0.25, -0.2) is 0 Å². The second-order valence-electron chi connectivity index (χ2n) is 7.98. The first-order valence-electron chi connectivity index (χ1n) is 10.9. The van der Waals surface area contributed by atoms with Crippen LogP contribution in [-0.4, -0.2) is 30.0 Å². The molecule has 9 heteroatoms. The Labute approximate surface area is 212 Å². The van der Waals surface area contributed by atoms with Crippen LogP contribution >= 0.6 is 12.2 Å². The molecule has 182 valence electrons. The number of methoxy groups -OCH3 is 1. The number of carboxylic acid groups (broad SMARTS) is 1. The Morgan fingerprint density at radius 2 is 1.81 bits per heavy atom. The number of thiocarbonyl (C=S) groups is 1. The number of aromatic carboxylic acids is 1. The van der Waals surface area contributed by atoms with E-state index in [2.05, 4.69) is 5.32 Å². The Bertz CT molecular complexity index is 1400. The molecule has 1 fully saturated rings. The minimum Gasteiger partial charge on any atom is -0.545 e. The number of carboxylic acids is 1. The highest BCUT2D eigenvalue weighted by Gasteiger charge is 2.34. The second-order valence-corrected chi connectivity index (χ2v) is 8.37. The maximum Gasteiger partial charge on any atom is 0.270 e. The number of anilines is 1.